The third kappa shape index (κ3) is 2.99. The minimum absolute atomic E-state index is 0.250. The highest BCUT2D eigenvalue weighted by Gasteiger charge is 2.15. The molecular weight excluding hydrogens is 336 g/mol. The summed E-state index contributed by atoms with van der Waals surface area (Å²) in [4.78, 5) is 17.5. The number of carbonyl (C=O) groups excluding carboxylic acids is 1. The van der Waals surface area contributed by atoms with E-state index in [0.29, 0.717) is 27.7 Å². The zero-order chi connectivity index (χ0) is 17.2. The topological polar surface area (TPSA) is 55.1 Å². The first-order valence-corrected chi connectivity index (χ1v) is 8.10. The first-order chi connectivity index (χ1) is 12.2. The third-order valence-electron chi connectivity index (χ3n) is 3.86. The summed E-state index contributed by atoms with van der Waals surface area (Å²) in [6, 6.07) is 20.0. The Balaban J connectivity index is 1.82. The Bertz CT molecular complexity index is 1060. The summed E-state index contributed by atoms with van der Waals surface area (Å²) in [7, 11) is 0. The van der Waals surface area contributed by atoms with Crippen molar-refractivity contribution >= 4 is 34.1 Å². The molecule has 0 saturated heterocycles. The number of furan rings is 1. The molecule has 0 bridgehead atoms. The summed E-state index contributed by atoms with van der Waals surface area (Å²) >= 11 is 6.14. The number of carbonyl (C=O) groups is 1. The van der Waals surface area contributed by atoms with Gasteiger partial charge in [-0.2, -0.15) is 0 Å². The Morgan fingerprint density at radius 1 is 1.00 bits per heavy atom. The van der Waals surface area contributed by atoms with Crippen LogP contribution in [0.15, 0.2) is 77.4 Å². The maximum Gasteiger partial charge on any atom is 0.256 e. The predicted octanol–water partition coefficient (Wildman–Crippen LogP) is 5.40. The number of halogens is 1. The summed E-state index contributed by atoms with van der Waals surface area (Å²) in [5, 5.41) is 4.11. The van der Waals surface area contributed by atoms with E-state index in [0.717, 1.165) is 10.9 Å². The van der Waals surface area contributed by atoms with Gasteiger partial charge in [-0.15, -0.1) is 0 Å². The van der Waals surface area contributed by atoms with Crippen LogP contribution >= 0.6 is 11.6 Å². The highest BCUT2D eigenvalue weighted by Crippen LogP contribution is 2.27. The van der Waals surface area contributed by atoms with Crippen LogP contribution in [-0.2, 0) is 0 Å². The largest absolute Gasteiger partial charge is 0.463 e. The zero-order valence-corrected chi connectivity index (χ0v) is 13.8. The summed E-state index contributed by atoms with van der Waals surface area (Å²) in [6.45, 7) is 0. The lowest BCUT2D eigenvalue weighted by Gasteiger charge is -2.10. The highest BCUT2D eigenvalue weighted by atomic mass is 35.5. The second-order valence-electron chi connectivity index (χ2n) is 5.48. The number of para-hydroxylation sites is 2. The van der Waals surface area contributed by atoms with E-state index in [-0.39, 0.29) is 5.91 Å². The molecule has 0 spiro atoms. The normalized spacial score (nSPS) is 10.8. The Kier molecular flexibility index (Phi) is 3.96. The van der Waals surface area contributed by atoms with Crippen LogP contribution < -0.4 is 5.32 Å². The Morgan fingerprint density at radius 3 is 2.60 bits per heavy atom. The molecule has 1 N–H and O–H groups in total. The quantitative estimate of drug-likeness (QED) is 0.539. The van der Waals surface area contributed by atoms with Crippen LogP contribution in [0.5, 0.6) is 0 Å². The van der Waals surface area contributed by atoms with E-state index in [9.17, 15) is 4.79 Å². The average molecular weight is 349 g/mol. The SMILES string of the molecule is O=C(Nc1ccccc1Cl)c1cc(-c2ccco2)nc2ccccc12. The van der Waals surface area contributed by atoms with E-state index in [4.69, 9.17) is 16.0 Å². The van der Waals surface area contributed by atoms with Crippen molar-refractivity contribution in [3.63, 3.8) is 0 Å². The second-order valence-corrected chi connectivity index (χ2v) is 5.89. The van der Waals surface area contributed by atoms with E-state index < -0.39 is 0 Å². The van der Waals surface area contributed by atoms with Crippen molar-refractivity contribution in [2.24, 2.45) is 0 Å². The number of nitrogens with zero attached hydrogens (tertiary/aromatic N) is 1. The average Bonchev–Trinajstić information content (AvgIpc) is 3.17. The lowest BCUT2D eigenvalue weighted by atomic mass is 10.1. The number of anilines is 1. The zero-order valence-electron chi connectivity index (χ0n) is 13.1. The Labute approximate surface area is 149 Å². The minimum Gasteiger partial charge on any atom is -0.463 e. The smallest absolute Gasteiger partial charge is 0.256 e. The fourth-order valence-corrected chi connectivity index (χ4v) is 2.85. The molecule has 2 aromatic carbocycles. The number of benzene rings is 2. The molecule has 1 amide bonds. The van der Waals surface area contributed by atoms with Crippen molar-refractivity contribution in [2.75, 3.05) is 5.32 Å². The predicted molar refractivity (Wildman–Crippen MR) is 98.9 cm³/mol. The molecule has 25 heavy (non-hydrogen) atoms. The fraction of sp³-hybridized carbons (Fsp3) is 0. The van der Waals surface area contributed by atoms with Crippen LogP contribution in [0.2, 0.25) is 5.02 Å². The molecule has 4 aromatic rings. The number of aromatic nitrogens is 1. The van der Waals surface area contributed by atoms with Crippen LogP contribution in [-0.4, -0.2) is 10.9 Å². The molecule has 0 aliphatic rings. The molecule has 2 aromatic heterocycles. The molecule has 0 radical (unpaired) electrons. The van der Waals surface area contributed by atoms with Gasteiger partial charge in [0.05, 0.1) is 28.1 Å². The molecular formula is C20H13ClN2O2. The summed E-state index contributed by atoms with van der Waals surface area (Å²) in [5.41, 5.74) is 2.40. The van der Waals surface area contributed by atoms with E-state index in [1.54, 1.807) is 30.5 Å². The number of hydrogen-bond acceptors (Lipinski definition) is 3. The number of fused-ring (bicyclic) bond motifs is 1. The van der Waals surface area contributed by atoms with Gasteiger partial charge >= 0.3 is 0 Å². The molecule has 122 valence electrons. The van der Waals surface area contributed by atoms with Gasteiger partial charge in [0, 0.05) is 5.39 Å². The summed E-state index contributed by atoms with van der Waals surface area (Å²) in [5.74, 6) is 0.358. The molecule has 4 rings (SSSR count). The van der Waals surface area contributed by atoms with Crippen LogP contribution in [0, 0.1) is 0 Å². The second kappa shape index (κ2) is 6.42. The van der Waals surface area contributed by atoms with Crippen LogP contribution in [0.4, 0.5) is 5.69 Å². The lowest BCUT2D eigenvalue weighted by Crippen LogP contribution is -2.13. The standard InChI is InChI=1S/C20H13ClN2O2/c21-15-7-2-4-9-17(15)23-20(24)14-12-18(19-10-5-11-25-19)22-16-8-3-1-6-13(14)16/h1-12H,(H,23,24). The number of nitrogens with one attached hydrogen (secondary N) is 1. The first-order valence-electron chi connectivity index (χ1n) is 7.72. The highest BCUT2D eigenvalue weighted by molar-refractivity contribution is 6.34. The van der Waals surface area contributed by atoms with Crippen LogP contribution in [0.1, 0.15) is 10.4 Å². The van der Waals surface area contributed by atoms with Crippen molar-refractivity contribution in [3.05, 3.63) is 83.6 Å². The van der Waals surface area contributed by atoms with Gasteiger partial charge in [0.2, 0.25) is 0 Å². The van der Waals surface area contributed by atoms with Crippen LogP contribution in [0.25, 0.3) is 22.4 Å². The van der Waals surface area contributed by atoms with E-state index in [1.165, 1.54) is 0 Å². The monoisotopic (exact) mass is 348 g/mol. The van der Waals surface area contributed by atoms with Crippen molar-refractivity contribution in [3.8, 4) is 11.5 Å². The van der Waals surface area contributed by atoms with Gasteiger partial charge in [0.25, 0.3) is 5.91 Å². The Hall–Kier alpha value is -3.11. The van der Waals surface area contributed by atoms with Crippen molar-refractivity contribution in [1.82, 2.24) is 4.98 Å². The molecule has 0 saturated carbocycles. The molecule has 4 nitrogen and oxygen atoms in total. The van der Waals surface area contributed by atoms with E-state index in [2.05, 4.69) is 10.3 Å². The number of pyridine rings is 1. The molecule has 5 heteroatoms. The molecule has 0 fully saturated rings. The van der Waals surface area contributed by atoms with Crippen LogP contribution in [0.3, 0.4) is 0 Å². The third-order valence-corrected chi connectivity index (χ3v) is 4.19. The van der Waals surface area contributed by atoms with Gasteiger partial charge in [-0.3, -0.25) is 4.79 Å². The van der Waals surface area contributed by atoms with E-state index >= 15 is 0 Å². The summed E-state index contributed by atoms with van der Waals surface area (Å²) in [6.07, 6.45) is 1.58. The van der Waals surface area contributed by atoms with Gasteiger partial charge in [0.15, 0.2) is 5.76 Å². The number of hydrogen-bond donors (Lipinski definition) is 1. The maximum atomic E-state index is 12.9. The van der Waals surface area contributed by atoms with Crippen molar-refractivity contribution in [2.45, 2.75) is 0 Å². The first kappa shape index (κ1) is 15.4. The molecule has 0 aliphatic heterocycles. The van der Waals surface area contributed by atoms with E-state index in [1.807, 2.05) is 42.5 Å². The summed E-state index contributed by atoms with van der Waals surface area (Å²) < 4.78 is 5.43. The molecule has 2 heterocycles. The Morgan fingerprint density at radius 2 is 1.80 bits per heavy atom. The maximum absolute atomic E-state index is 12.9. The lowest BCUT2D eigenvalue weighted by molar-refractivity contribution is 0.102. The van der Waals surface area contributed by atoms with Gasteiger partial charge in [0.1, 0.15) is 5.69 Å². The van der Waals surface area contributed by atoms with Gasteiger partial charge in [-0.05, 0) is 36.4 Å². The minimum atomic E-state index is -0.250. The van der Waals surface area contributed by atoms with Gasteiger partial charge in [-0.25, -0.2) is 4.98 Å². The molecule has 0 unspecified atom stereocenters. The number of amides is 1. The van der Waals surface area contributed by atoms with Gasteiger partial charge < -0.3 is 9.73 Å². The van der Waals surface area contributed by atoms with Gasteiger partial charge in [-0.1, -0.05) is 41.9 Å². The molecule has 0 atom stereocenters. The van der Waals surface area contributed by atoms with Crippen molar-refractivity contribution in [1.29, 1.82) is 0 Å². The fourth-order valence-electron chi connectivity index (χ4n) is 2.67. The number of rotatable bonds is 3. The molecule has 0 aliphatic carbocycles. The van der Waals surface area contributed by atoms with Crippen molar-refractivity contribution < 1.29 is 9.21 Å².